The molecule has 134 valence electrons. The van der Waals surface area contributed by atoms with Crippen molar-refractivity contribution in [3.8, 4) is 17.2 Å². The van der Waals surface area contributed by atoms with Crippen molar-refractivity contribution in [2.75, 3.05) is 34.9 Å². The summed E-state index contributed by atoms with van der Waals surface area (Å²) >= 11 is 3.45. The Balaban J connectivity index is 2.25. The van der Waals surface area contributed by atoms with Crippen LogP contribution in [-0.4, -0.2) is 50.7 Å². The van der Waals surface area contributed by atoms with Crippen molar-refractivity contribution in [1.82, 2.24) is 9.88 Å². The molecular weight excluding hydrogens is 388 g/mol. The lowest BCUT2D eigenvalue weighted by Crippen LogP contribution is -2.29. The van der Waals surface area contributed by atoms with E-state index in [1.165, 1.54) is 21.3 Å². The van der Waals surface area contributed by atoms with Gasteiger partial charge in [-0.2, -0.15) is 0 Å². The van der Waals surface area contributed by atoms with Crippen molar-refractivity contribution in [3.63, 3.8) is 0 Å². The number of pyridine rings is 1. The number of hydrogen-bond donors (Lipinski definition) is 0. The summed E-state index contributed by atoms with van der Waals surface area (Å²) in [6.45, 7) is 0.575. The topological polar surface area (TPSA) is 60.9 Å². The molecular formula is C18H21BrN2O4. The molecule has 2 rings (SSSR count). The highest BCUT2D eigenvalue weighted by molar-refractivity contribution is 9.10. The number of rotatable bonds is 7. The molecule has 6 nitrogen and oxygen atoms in total. The Labute approximate surface area is 155 Å². The average molecular weight is 409 g/mol. The van der Waals surface area contributed by atoms with Crippen LogP contribution in [0.3, 0.4) is 0 Å². The van der Waals surface area contributed by atoms with Crippen molar-refractivity contribution in [2.45, 2.75) is 6.42 Å². The van der Waals surface area contributed by atoms with E-state index in [4.69, 9.17) is 14.2 Å². The van der Waals surface area contributed by atoms with Crippen LogP contribution in [0.15, 0.2) is 35.1 Å². The third-order valence-electron chi connectivity index (χ3n) is 3.83. The molecule has 0 aliphatic heterocycles. The normalized spacial score (nSPS) is 10.3. The second kappa shape index (κ2) is 8.71. The molecule has 0 saturated heterocycles. The lowest BCUT2D eigenvalue weighted by molar-refractivity contribution is 0.0794. The standard InChI is InChI=1S/C18H21BrN2O4/c1-21(10-7-12-5-8-20-9-6-12)18(22)13-11-14(23-2)16(24-3)17(25-4)15(13)19/h5-6,8-9,11H,7,10H2,1-4H3. The number of methoxy groups -OCH3 is 3. The highest BCUT2D eigenvalue weighted by Crippen LogP contribution is 2.44. The average Bonchev–Trinajstić information content (AvgIpc) is 2.65. The lowest BCUT2D eigenvalue weighted by atomic mass is 10.1. The van der Waals surface area contributed by atoms with Gasteiger partial charge in [-0.25, -0.2) is 0 Å². The van der Waals surface area contributed by atoms with Gasteiger partial charge in [0.1, 0.15) is 0 Å². The largest absolute Gasteiger partial charge is 0.493 e. The summed E-state index contributed by atoms with van der Waals surface area (Å²) in [6, 6.07) is 5.53. The minimum absolute atomic E-state index is 0.139. The first kappa shape index (κ1) is 19.1. The van der Waals surface area contributed by atoms with Crippen LogP contribution in [0.2, 0.25) is 0 Å². The van der Waals surface area contributed by atoms with Crippen molar-refractivity contribution in [2.24, 2.45) is 0 Å². The number of hydrogen-bond acceptors (Lipinski definition) is 5. The lowest BCUT2D eigenvalue weighted by Gasteiger charge is -2.21. The van der Waals surface area contributed by atoms with E-state index < -0.39 is 0 Å². The molecule has 1 amide bonds. The molecule has 1 heterocycles. The molecule has 0 atom stereocenters. The number of carbonyl (C=O) groups excluding carboxylic acids is 1. The Bertz CT molecular complexity index is 738. The van der Waals surface area contributed by atoms with E-state index in [0.29, 0.717) is 33.8 Å². The number of benzene rings is 1. The van der Waals surface area contributed by atoms with Crippen molar-refractivity contribution in [1.29, 1.82) is 0 Å². The van der Waals surface area contributed by atoms with E-state index in [0.717, 1.165) is 12.0 Å². The first-order chi connectivity index (χ1) is 12.0. The summed E-state index contributed by atoms with van der Waals surface area (Å²) in [5, 5.41) is 0. The number of amides is 1. The Morgan fingerprint density at radius 1 is 1.12 bits per heavy atom. The van der Waals surface area contributed by atoms with Gasteiger partial charge in [-0.1, -0.05) is 0 Å². The van der Waals surface area contributed by atoms with Gasteiger partial charge in [0.05, 0.1) is 31.4 Å². The maximum absolute atomic E-state index is 12.9. The van der Waals surface area contributed by atoms with Crippen LogP contribution in [0.4, 0.5) is 0 Å². The van der Waals surface area contributed by atoms with Gasteiger partial charge in [-0.05, 0) is 46.1 Å². The quantitative estimate of drug-likeness (QED) is 0.703. The smallest absolute Gasteiger partial charge is 0.255 e. The van der Waals surface area contributed by atoms with Crippen LogP contribution in [0.1, 0.15) is 15.9 Å². The van der Waals surface area contributed by atoms with Crippen LogP contribution in [0, 0.1) is 0 Å². The van der Waals surface area contributed by atoms with Crippen LogP contribution in [0.25, 0.3) is 0 Å². The van der Waals surface area contributed by atoms with Crippen LogP contribution >= 0.6 is 15.9 Å². The van der Waals surface area contributed by atoms with Gasteiger partial charge in [0.25, 0.3) is 5.91 Å². The van der Waals surface area contributed by atoms with E-state index in [-0.39, 0.29) is 5.91 Å². The highest BCUT2D eigenvalue weighted by Gasteiger charge is 2.24. The Morgan fingerprint density at radius 2 is 1.76 bits per heavy atom. The maximum atomic E-state index is 12.9. The maximum Gasteiger partial charge on any atom is 0.255 e. The third kappa shape index (κ3) is 4.22. The number of aromatic nitrogens is 1. The molecule has 7 heteroatoms. The summed E-state index contributed by atoms with van der Waals surface area (Å²) in [5.74, 6) is 1.16. The molecule has 25 heavy (non-hydrogen) atoms. The SMILES string of the molecule is COc1cc(C(=O)N(C)CCc2ccncc2)c(Br)c(OC)c1OC. The number of carbonyl (C=O) groups is 1. The number of likely N-dealkylation sites (N-methyl/N-ethyl adjacent to an activating group) is 1. The predicted octanol–water partition coefficient (Wildman–Crippen LogP) is 3.18. The molecule has 0 fully saturated rings. The Kier molecular flexibility index (Phi) is 6.64. The van der Waals surface area contributed by atoms with Gasteiger partial charge in [0.15, 0.2) is 11.5 Å². The van der Waals surface area contributed by atoms with E-state index in [1.807, 2.05) is 12.1 Å². The second-order valence-electron chi connectivity index (χ2n) is 5.34. The van der Waals surface area contributed by atoms with Crippen molar-refractivity contribution < 1.29 is 19.0 Å². The molecule has 0 N–H and O–H groups in total. The first-order valence-corrected chi connectivity index (χ1v) is 8.45. The predicted molar refractivity (Wildman–Crippen MR) is 98.7 cm³/mol. The van der Waals surface area contributed by atoms with Gasteiger partial charge >= 0.3 is 0 Å². The van der Waals surface area contributed by atoms with Crippen LogP contribution in [-0.2, 0) is 6.42 Å². The van der Waals surface area contributed by atoms with Gasteiger partial charge in [0, 0.05) is 26.0 Å². The third-order valence-corrected chi connectivity index (χ3v) is 4.62. The fourth-order valence-electron chi connectivity index (χ4n) is 2.43. The summed E-state index contributed by atoms with van der Waals surface area (Å²) in [5.41, 5.74) is 1.57. The fraction of sp³-hybridized carbons (Fsp3) is 0.333. The molecule has 0 unspecified atom stereocenters. The molecule has 0 radical (unpaired) electrons. The minimum atomic E-state index is -0.139. The van der Waals surface area contributed by atoms with Gasteiger partial charge < -0.3 is 19.1 Å². The Morgan fingerprint density at radius 3 is 2.32 bits per heavy atom. The summed E-state index contributed by atoms with van der Waals surface area (Å²) < 4.78 is 16.6. The first-order valence-electron chi connectivity index (χ1n) is 7.66. The molecule has 0 aliphatic rings. The van der Waals surface area contributed by atoms with Gasteiger partial charge in [0.2, 0.25) is 5.75 Å². The second-order valence-corrected chi connectivity index (χ2v) is 6.13. The summed E-state index contributed by atoms with van der Waals surface area (Å²) in [6.07, 6.45) is 4.23. The van der Waals surface area contributed by atoms with Gasteiger partial charge in [-0.3, -0.25) is 9.78 Å². The molecule has 1 aromatic heterocycles. The van der Waals surface area contributed by atoms with Crippen LogP contribution in [0.5, 0.6) is 17.2 Å². The summed E-state index contributed by atoms with van der Waals surface area (Å²) in [4.78, 5) is 18.5. The van der Waals surface area contributed by atoms with Crippen molar-refractivity contribution in [3.05, 3.63) is 46.2 Å². The van der Waals surface area contributed by atoms with E-state index in [2.05, 4.69) is 20.9 Å². The minimum Gasteiger partial charge on any atom is -0.493 e. The number of halogens is 1. The van der Waals surface area contributed by atoms with E-state index in [9.17, 15) is 4.79 Å². The molecule has 2 aromatic rings. The van der Waals surface area contributed by atoms with Crippen LogP contribution < -0.4 is 14.2 Å². The zero-order chi connectivity index (χ0) is 18.4. The zero-order valence-corrected chi connectivity index (χ0v) is 16.3. The summed E-state index contributed by atoms with van der Waals surface area (Å²) in [7, 11) is 6.32. The van der Waals surface area contributed by atoms with E-state index in [1.54, 1.807) is 30.4 Å². The number of nitrogens with zero attached hydrogens (tertiary/aromatic N) is 2. The molecule has 1 aromatic carbocycles. The molecule has 0 spiro atoms. The monoisotopic (exact) mass is 408 g/mol. The fourth-order valence-corrected chi connectivity index (χ4v) is 3.06. The molecule has 0 aliphatic carbocycles. The zero-order valence-electron chi connectivity index (χ0n) is 14.7. The van der Waals surface area contributed by atoms with Crippen molar-refractivity contribution >= 4 is 21.8 Å². The molecule has 0 bridgehead atoms. The van der Waals surface area contributed by atoms with E-state index >= 15 is 0 Å². The highest BCUT2D eigenvalue weighted by atomic mass is 79.9. The molecule has 0 saturated carbocycles. The van der Waals surface area contributed by atoms with Gasteiger partial charge in [-0.15, -0.1) is 0 Å². The Hall–Kier alpha value is -2.28. The number of ether oxygens (including phenoxy) is 3.